The molecule has 0 spiro atoms. The molecule has 0 bridgehead atoms. The third kappa shape index (κ3) is 3.78. The Morgan fingerprint density at radius 2 is 1.76 bits per heavy atom. The van der Waals surface area contributed by atoms with Gasteiger partial charge in [0.2, 0.25) is 0 Å². The van der Waals surface area contributed by atoms with E-state index in [1.165, 1.54) is 59.9 Å². The number of benzene rings is 2. The van der Waals surface area contributed by atoms with Gasteiger partial charge in [0.1, 0.15) is 0 Å². The van der Waals surface area contributed by atoms with E-state index in [1.807, 2.05) is 11.8 Å². The van der Waals surface area contributed by atoms with Gasteiger partial charge < -0.3 is 0 Å². The molecule has 0 atom stereocenters. The summed E-state index contributed by atoms with van der Waals surface area (Å²) in [7, 11) is 0. The highest BCUT2D eigenvalue weighted by Crippen LogP contribution is 2.45. The highest BCUT2D eigenvalue weighted by molar-refractivity contribution is 8.16. The van der Waals surface area contributed by atoms with Crippen LogP contribution in [0.4, 0.5) is 0 Å². The Balaban J connectivity index is 1.69. The Morgan fingerprint density at radius 1 is 1.00 bits per heavy atom. The quantitative estimate of drug-likeness (QED) is 0.587. The molecule has 0 radical (unpaired) electrons. The zero-order valence-electron chi connectivity index (χ0n) is 12.8. The Bertz CT molecular complexity index is 585. The van der Waals surface area contributed by atoms with Crippen LogP contribution in [0.2, 0.25) is 0 Å². The van der Waals surface area contributed by atoms with Crippen LogP contribution < -0.4 is 0 Å². The molecule has 2 aromatic rings. The van der Waals surface area contributed by atoms with Crippen molar-refractivity contribution >= 4 is 34.3 Å². The summed E-state index contributed by atoms with van der Waals surface area (Å²) in [5.41, 5.74) is 1.50. The molecule has 3 rings (SSSR count). The number of rotatable bonds is 6. The maximum absolute atomic E-state index is 2.39. The van der Waals surface area contributed by atoms with Gasteiger partial charge >= 0.3 is 0 Å². The van der Waals surface area contributed by atoms with E-state index in [4.69, 9.17) is 0 Å². The fourth-order valence-electron chi connectivity index (χ4n) is 3.44. The van der Waals surface area contributed by atoms with Crippen LogP contribution in [0.5, 0.6) is 0 Å². The van der Waals surface area contributed by atoms with Gasteiger partial charge in [0, 0.05) is 9.83 Å². The topological polar surface area (TPSA) is 0 Å². The average molecular weight is 317 g/mol. The summed E-state index contributed by atoms with van der Waals surface area (Å²) >= 11 is 4.19. The molecule has 1 fully saturated rings. The van der Waals surface area contributed by atoms with Gasteiger partial charge in [-0.15, -0.1) is 11.8 Å². The zero-order chi connectivity index (χ0) is 14.5. The third-order valence-corrected chi connectivity index (χ3v) is 7.32. The van der Waals surface area contributed by atoms with Crippen molar-refractivity contribution in [1.82, 2.24) is 0 Å². The lowest BCUT2D eigenvalue weighted by atomic mass is 9.96. The fraction of sp³-hybridized carbons (Fsp3) is 0.474. The first-order valence-corrected chi connectivity index (χ1v) is 10.3. The summed E-state index contributed by atoms with van der Waals surface area (Å²) in [6.45, 7) is 0. The minimum atomic E-state index is 0.564. The van der Waals surface area contributed by atoms with Crippen molar-refractivity contribution in [2.45, 2.75) is 43.3 Å². The normalized spacial score (nSPS) is 17.4. The van der Waals surface area contributed by atoms with Gasteiger partial charge in [-0.25, -0.2) is 0 Å². The third-order valence-electron chi connectivity index (χ3n) is 4.68. The molecule has 112 valence electrons. The number of thioether (sulfide) groups is 2. The molecular formula is C19H24S2. The fourth-order valence-corrected chi connectivity index (χ4v) is 5.73. The van der Waals surface area contributed by atoms with Crippen LogP contribution in [0.25, 0.3) is 10.8 Å². The first-order valence-electron chi connectivity index (χ1n) is 7.92. The second kappa shape index (κ2) is 7.11. The molecule has 1 saturated carbocycles. The van der Waals surface area contributed by atoms with Crippen LogP contribution in [0.1, 0.15) is 37.7 Å². The molecule has 2 heteroatoms. The smallest absolute Gasteiger partial charge is 0.0394 e. The molecule has 0 heterocycles. The lowest BCUT2D eigenvalue weighted by Crippen LogP contribution is -2.21. The van der Waals surface area contributed by atoms with Gasteiger partial charge in [-0.1, -0.05) is 55.3 Å². The van der Waals surface area contributed by atoms with Crippen LogP contribution in [0.3, 0.4) is 0 Å². The van der Waals surface area contributed by atoms with Crippen molar-refractivity contribution in [3.63, 3.8) is 0 Å². The number of hydrogen-bond donors (Lipinski definition) is 0. The van der Waals surface area contributed by atoms with E-state index in [2.05, 4.69) is 60.5 Å². The standard InChI is InChI=1S/C19H24S2/c1-20-15-21-19(11-4-5-12-19)13-10-16-8-9-17-6-2-3-7-18(17)14-16/h2-3,6-9,14H,4-5,10-13,15H2,1H3. The van der Waals surface area contributed by atoms with Crippen LogP contribution in [-0.4, -0.2) is 16.1 Å². The van der Waals surface area contributed by atoms with Gasteiger partial charge in [0.25, 0.3) is 0 Å². The van der Waals surface area contributed by atoms with Crippen LogP contribution in [0.15, 0.2) is 42.5 Å². The summed E-state index contributed by atoms with van der Waals surface area (Å²) in [4.78, 5) is 0. The molecule has 2 aromatic carbocycles. The first kappa shape index (κ1) is 15.3. The summed E-state index contributed by atoms with van der Waals surface area (Å²) in [6, 6.07) is 15.7. The highest BCUT2D eigenvalue weighted by atomic mass is 32.2. The Morgan fingerprint density at radius 3 is 2.52 bits per heavy atom. The minimum Gasteiger partial charge on any atom is -0.154 e. The van der Waals surface area contributed by atoms with E-state index in [-0.39, 0.29) is 0 Å². The lowest BCUT2D eigenvalue weighted by Gasteiger charge is -2.28. The summed E-state index contributed by atoms with van der Waals surface area (Å²) in [5.74, 6) is 0. The monoisotopic (exact) mass is 316 g/mol. The maximum atomic E-state index is 2.39. The zero-order valence-corrected chi connectivity index (χ0v) is 14.4. The van der Waals surface area contributed by atoms with Crippen LogP contribution in [-0.2, 0) is 6.42 Å². The van der Waals surface area contributed by atoms with E-state index in [0.29, 0.717) is 4.75 Å². The SMILES string of the molecule is CSCSC1(CCc2ccc3ccccc3c2)CCCC1. The maximum Gasteiger partial charge on any atom is 0.0394 e. The van der Waals surface area contributed by atoms with E-state index in [1.54, 1.807) is 0 Å². The molecule has 0 unspecified atom stereocenters. The molecule has 0 aromatic heterocycles. The minimum absolute atomic E-state index is 0.564. The van der Waals surface area contributed by atoms with Crippen molar-refractivity contribution in [2.24, 2.45) is 0 Å². The van der Waals surface area contributed by atoms with E-state index in [0.717, 1.165) is 0 Å². The average Bonchev–Trinajstić information content (AvgIpc) is 3.00. The van der Waals surface area contributed by atoms with Crippen molar-refractivity contribution in [3.8, 4) is 0 Å². The largest absolute Gasteiger partial charge is 0.154 e. The van der Waals surface area contributed by atoms with E-state index >= 15 is 0 Å². The van der Waals surface area contributed by atoms with Crippen LogP contribution >= 0.6 is 23.5 Å². The second-order valence-corrected chi connectivity index (χ2v) is 8.80. The molecule has 21 heavy (non-hydrogen) atoms. The van der Waals surface area contributed by atoms with Gasteiger partial charge in [-0.2, -0.15) is 11.8 Å². The van der Waals surface area contributed by atoms with Crippen molar-refractivity contribution in [3.05, 3.63) is 48.0 Å². The highest BCUT2D eigenvalue weighted by Gasteiger charge is 2.33. The molecule has 1 aliphatic carbocycles. The number of aryl methyl sites for hydroxylation is 1. The molecular weight excluding hydrogens is 292 g/mol. The van der Waals surface area contributed by atoms with Crippen LogP contribution in [0, 0.1) is 0 Å². The van der Waals surface area contributed by atoms with Crippen molar-refractivity contribution in [2.75, 3.05) is 11.3 Å². The molecule has 0 N–H and O–H groups in total. The van der Waals surface area contributed by atoms with Crippen molar-refractivity contribution in [1.29, 1.82) is 0 Å². The predicted molar refractivity (Wildman–Crippen MR) is 99.4 cm³/mol. The molecule has 1 aliphatic rings. The van der Waals surface area contributed by atoms with E-state index < -0.39 is 0 Å². The van der Waals surface area contributed by atoms with Gasteiger partial charge in [0.05, 0.1) is 0 Å². The summed E-state index contributed by atoms with van der Waals surface area (Å²) in [5, 5.41) is 3.98. The van der Waals surface area contributed by atoms with Crippen molar-refractivity contribution < 1.29 is 0 Å². The lowest BCUT2D eigenvalue weighted by molar-refractivity contribution is 0.558. The molecule has 0 amide bonds. The van der Waals surface area contributed by atoms with E-state index in [9.17, 15) is 0 Å². The molecule has 0 saturated heterocycles. The summed E-state index contributed by atoms with van der Waals surface area (Å²) in [6.07, 6.45) is 10.5. The van der Waals surface area contributed by atoms with Gasteiger partial charge in [0.15, 0.2) is 0 Å². The molecule has 0 aliphatic heterocycles. The predicted octanol–water partition coefficient (Wildman–Crippen LogP) is 6.14. The number of fused-ring (bicyclic) bond motifs is 1. The Kier molecular flexibility index (Phi) is 5.18. The second-order valence-electron chi connectivity index (χ2n) is 6.12. The summed E-state index contributed by atoms with van der Waals surface area (Å²) < 4.78 is 0.564. The Labute approximate surface area is 137 Å². The van der Waals surface area contributed by atoms with Gasteiger partial charge in [-0.05, 0) is 48.3 Å². The molecule has 0 nitrogen and oxygen atoms in total. The first-order chi connectivity index (χ1) is 10.3. The number of hydrogen-bond acceptors (Lipinski definition) is 2. The van der Waals surface area contributed by atoms with Gasteiger partial charge in [-0.3, -0.25) is 0 Å². The Hall–Kier alpha value is -0.600.